The van der Waals surface area contributed by atoms with E-state index in [0.29, 0.717) is 12.2 Å². The summed E-state index contributed by atoms with van der Waals surface area (Å²) in [5, 5.41) is 5.67. The lowest BCUT2D eigenvalue weighted by Gasteiger charge is -2.14. The highest BCUT2D eigenvalue weighted by molar-refractivity contribution is 7.91. The van der Waals surface area contributed by atoms with Crippen LogP contribution < -0.4 is 5.32 Å². The Hall–Kier alpha value is -1.55. The molecule has 0 aromatic heterocycles. The van der Waals surface area contributed by atoms with Crippen molar-refractivity contribution in [1.82, 2.24) is 0 Å². The Bertz CT molecular complexity index is 674. The summed E-state index contributed by atoms with van der Waals surface area (Å²) >= 11 is 0. The van der Waals surface area contributed by atoms with Crippen molar-refractivity contribution < 1.29 is 8.42 Å². The van der Waals surface area contributed by atoms with Gasteiger partial charge in [-0.05, 0) is 17.9 Å². The van der Waals surface area contributed by atoms with Gasteiger partial charge >= 0.3 is 0 Å². The first kappa shape index (κ1) is 11.5. The van der Waals surface area contributed by atoms with Gasteiger partial charge < -0.3 is 5.32 Å². The zero-order valence-electron chi connectivity index (χ0n) is 9.96. The average Bonchev–Trinajstić information content (AvgIpc) is 2.69. The Morgan fingerprint density at radius 1 is 1.06 bits per heavy atom. The fraction of sp³-hybridized carbons (Fsp3) is 0.286. The van der Waals surface area contributed by atoms with Crippen LogP contribution in [0.1, 0.15) is 6.42 Å². The van der Waals surface area contributed by atoms with Gasteiger partial charge in [-0.2, -0.15) is 0 Å². The molecule has 2 aromatic rings. The lowest BCUT2D eigenvalue weighted by molar-refractivity contribution is 0.602. The first-order valence-electron chi connectivity index (χ1n) is 6.09. The van der Waals surface area contributed by atoms with Crippen molar-refractivity contribution in [3.05, 3.63) is 42.5 Å². The predicted molar refractivity (Wildman–Crippen MR) is 74.6 cm³/mol. The molecule has 4 heteroatoms. The summed E-state index contributed by atoms with van der Waals surface area (Å²) in [6, 6.07) is 14.2. The molecule has 1 fully saturated rings. The van der Waals surface area contributed by atoms with E-state index >= 15 is 0 Å². The quantitative estimate of drug-likeness (QED) is 0.903. The smallest absolute Gasteiger partial charge is 0.152 e. The summed E-state index contributed by atoms with van der Waals surface area (Å²) in [7, 11) is -2.83. The number of hydrogen-bond acceptors (Lipinski definition) is 3. The monoisotopic (exact) mass is 261 g/mol. The number of rotatable bonds is 2. The molecule has 1 saturated heterocycles. The van der Waals surface area contributed by atoms with Crippen molar-refractivity contribution in [2.24, 2.45) is 0 Å². The Balaban J connectivity index is 1.92. The van der Waals surface area contributed by atoms with E-state index in [1.807, 2.05) is 24.3 Å². The van der Waals surface area contributed by atoms with Crippen molar-refractivity contribution >= 4 is 26.3 Å². The van der Waals surface area contributed by atoms with E-state index in [2.05, 4.69) is 23.5 Å². The van der Waals surface area contributed by atoms with Gasteiger partial charge in [-0.3, -0.25) is 0 Å². The molecule has 0 amide bonds. The van der Waals surface area contributed by atoms with E-state index in [1.54, 1.807) is 0 Å². The van der Waals surface area contributed by atoms with Crippen LogP contribution in [0.15, 0.2) is 42.5 Å². The molecule has 0 aliphatic carbocycles. The number of anilines is 1. The van der Waals surface area contributed by atoms with Crippen LogP contribution in [-0.4, -0.2) is 26.0 Å². The first-order valence-corrected chi connectivity index (χ1v) is 7.91. The van der Waals surface area contributed by atoms with Crippen LogP contribution in [0.2, 0.25) is 0 Å². The largest absolute Gasteiger partial charge is 0.381 e. The van der Waals surface area contributed by atoms with Crippen molar-refractivity contribution in [2.45, 2.75) is 12.5 Å². The van der Waals surface area contributed by atoms with Crippen molar-refractivity contribution in [1.29, 1.82) is 0 Å². The normalized spacial score (nSPS) is 22.1. The third kappa shape index (κ3) is 2.20. The van der Waals surface area contributed by atoms with Gasteiger partial charge in [-0.25, -0.2) is 8.42 Å². The van der Waals surface area contributed by atoms with Crippen molar-refractivity contribution in [2.75, 3.05) is 16.8 Å². The third-order valence-corrected chi connectivity index (χ3v) is 5.15. The molecule has 0 radical (unpaired) electrons. The lowest BCUT2D eigenvalue weighted by atomic mass is 10.1. The highest BCUT2D eigenvalue weighted by Crippen LogP contribution is 2.25. The Kier molecular flexibility index (Phi) is 2.74. The fourth-order valence-corrected chi connectivity index (χ4v) is 4.15. The summed E-state index contributed by atoms with van der Waals surface area (Å²) in [4.78, 5) is 0. The zero-order chi connectivity index (χ0) is 12.6. The maximum atomic E-state index is 11.5. The van der Waals surface area contributed by atoms with E-state index in [9.17, 15) is 8.42 Å². The second-order valence-corrected chi connectivity index (χ2v) is 7.00. The minimum atomic E-state index is -2.83. The highest BCUT2D eigenvalue weighted by Gasteiger charge is 2.27. The topological polar surface area (TPSA) is 46.2 Å². The molecule has 1 atom stereocenters. The molecule has 1 N–H and O–H groups in total. The summed E-state index contributed by atoms with van der Waals surface area (Å²) in [5.41, 5.74) is 1.02. The SMILES string of the molecule is O=S1(=O)CCC(Nc2cccc3ccccc23)C1. The van der Waals surface area contributed by atoms with E-state index < -0.39 is 9.84 Å². The molecule has 3 rings (SSSR count). The maximum absolute atomic E-state index is 11.5. The Morgan fingerprint density at radius 2 is 1.83 bits per heavy atom. The zero-order valence-corrected chi connectivity index (χ0v) is 10.8. The fourth-order valence-electron chi connectivity index (χ4n) is 2.48. The maximum Gasteiger partial charge on any atom is 0.152 e. The molecule has 94 valence electrons. The van der Waals surface area contributed by atoms with Crippen LogP contribution in [-0.2, 0) is 9.84 Å². The van der Waals surface area contributed by atoms with Gasteiger partial charge in [0.2, 0.25) is 0 Å². The van der Waals surface area contributed by atoms with E-state index in [-0.39, 0.29) is 11.8 Å². The third-order valence-electron chi connectivity index (χ3n) is 3.38. The van der Waals surface area contributed by atoms with Gasteiger partial charge in [0, 0.05) is 17.1 Å². The second kappa shape index (κ2) is 4.28. The summed E-state index contributed by atoms with van der Waals surface area (Å²) in [5.74, 6) is 0.547. The molecular formula is C14H15NO2S. The van der Waals surface area contributed by atoms with Crippen LogP contribution in [0.5, 0.6) is 0 Å². The van der Waals surface area contributed by atoms with Gasteiger partial charge in [-0.1, -0.05) is 36.4 Å². The summed E-state index contributed by atoms with van der Waals surface area (Å²) < 4.78 is 22.9. The van der Waals surface area contributed by atoms with Crippen LogP contribution in [0.4, 0.5) is 5.69 Å². The molecule has 2 aromatic carbocycles. The van der Waals surface area contributed by atoms with Gasteiger partial charge in [0.05, 0.1) is 11.5 Å². The number of hydrogen-bond donors (Lipinski definition) is 1. The van der Waals surface area contributed by atoms with Crippen LogP contribution in [0.25, 0.3) is 10.8 Å². The van der Waals surface area contributed by atoms with E-state index in [4.69, 9.17) is 0 Å². The van der Waals surface area contributed by atoms with Gasteiger partial charge in [0.15, 0.2) is 9.84 Å². The van der Waals surface area contributed by atoms with Crippen LogP contribution in [0, 0.1) is 0 Å². The number of sulfone groups is 1. The van der Waals surface area contributed by atoms with Crippen LogP contribution >= 0.6 is 0 Å². The molecular weight excluding hydrogens is 246 g/mol. The molecule has 1 unspecified atom stereocenters. The summed E-state index contributed by atoms with van der Waals surface area (Å²) in [6.45, 7) is 0. The second-order valence-electron chi connectivity index (χ2n) is 4.77. The number of benzene rings is 2. The molecule has 0 spiro atoms. The molecule has 1 aliphatic rings. The lowest BCUT2D eigenvalue weighted by Crippen LogP contribution is -2.20. The van der Waals surface area contributed by atoms with Gasteiger partial charge in [0.25, 0.3) is 0 Å². The summed E-state index contributed by atoms with van der Waals surface area (Å²) in [6.07, 6.45) is 0.700. The molecule has 0 bridgehead atoms. The first-order chi connectivity index (χ1) is 8.64. The Morgan fingerprint density at radius 3 is 2.61 bits per heavy atom. The van der Waals surface area contributed by atoms with Crippen LogP contribution in [0.3, 0.4) is 0 Å². The molecule has 3 nitrogen and oxygen atoms in total. The number of nitrogens with one attached hydrogen (secondary N) is 1. The van der Waals surface area contributed by atoms with Gasteiger partial charge in [0.1, 0.15) is 0 Å². The minimum absolute atomic E-state index is 0.0424. The van der Waals surface area contributed by atoms with Crippen molar-refractivity contribution in [3.63, 3.8) is 0 Å². The standard InChI is InChI=1S/C14H15NO2S/c16-18(17)9-8-12(10-18)15-14-7-3-5-11-4-1-2-6-13(11)14/h1-7,12,15H,8-10H2. The van der Waals surface area contributed by atoms with Crippen molar-refractivity contribution in [3.8, 4) is 0 Å². The molecule has 0 saturated carbocycles. The van der Waals surface area contributed by atoms with E-state index in [1.165, 1.54) is 5.39 Å². The van der Waals surface area contributed by atoms with Gasteiger partial charge in [-0.15, -0.1) is 0 Å². The molecule has 18 heavy (non-hydrogen) atoms. The minimum Gasteiger partial charge on any atom is -0.381 e. The Labute approximate surface area is 107 Å². The highest BCUT2D eigenvalue weighted by atomic mass is 32.2. The number of fused-ring (bicyclic) bond motifs is 1. The average molecular weight is 261 g/mol. The molecule has 1 heterocycles. The molecule has 1 aliphatic heterocycles. The van der Waals surface area contributed by atoms with E-state index in [0.717, 1.165) is 11.1 Å². The predicted octanol–water partition coefficient (Wildman–Crippen LogP) is 2.44.